The first-order valence-electron chi connectivity index (χ1n) is 19.1. The van der Waals surface area contributed by atoms with Crippen molar-refractivity contribution >= 4 is 57.9 Å². The van der Waals surface area contributed by atoms with Gasteiger partial charge in [-0.3, -0.25) is 34.5 Å². The van der Waals surface area contributed by atoms with Gasteiger partial charge in [-0.25, -0.2) is 13.5 Å². The Morgan fingerprint density at radius 3 is 2.51 bits per heavy atom. The zero-order valence-electron chi connectivity index (χ0n) is 31.1. The monoisotopic (exact) mass is 778 g/mol. The molecule has 5 aromatic rings. The van der Waals surface area contributed by atoms with Gasteiger partial charge in [0.1, 0.15) is 23.5 Å². The number of rotatable bonds is 10. The quantitative estimate of drug-likeness (QED) is 0.149. The summed E-state index contributed by atoms with van der Waals surface area (Å²) in [5.41, 5.74) is 3.20. The third-order valence-corrected chi connectivity index (χ3v) is 11.4. The number of hydrogen-bond acceptors (Lipinski definition) is 12. The Balaban J connectivity index is 0.846. The summed E-state index contributed by atoms with van der Waals surface area (Å²) in [6.07, 6.45) is 4.63. The molecule has 4 aliphatic heterocycles. The molecule has 2 atom stereocenters. The van der Waals surface area contributed by atoms with E-state index in [1.54, 1.807) is 18.3 Å². The first-order valence-corrected chi connectivity index (χ1v) is 19.1. The molecule has 0 radical (unpaired) electrons. The largest absolute Gasteiger partial charge is 0.371 e. The molecule has 2 aromatic carbocycles. The number of nitrogens with one attached hydrogen (secondary N) is 4. The van der Waals surface area contributed by atoms with Crippen LogP contribution in [-0.4, -0.2) is 102 Å². The van der Waals surface area contributed by atoms with Crippen LogP contribution in [0.15, 0.2) is 48.7 Å². The van der Waals surface area contributed by atoms with Crippen LogP contribution in [0.1, 0.15) is 70.1 Å². The van der Waals surface area contributed by atoms with Crippen molar-refractivity contribution in [2.24, 2.45) is 5.92 Å². The number of imide groups is 2. The fourth-order valence-electron chi connectivity index (χ4n) is 8.39. The number of likely N-dealkylation sites (tertiary alicyclic amines) is 1. The zero-order chi connectivity index (χ0) is 39.4. The Hall–Kier alpha value is -6.30. The summed E-state index contributed by atoms with van der Waals surface area (Å²) in [7, 11) is 0. The SMILES string of the molecule is Cc1cc(Nc2nc(NCc3ccc(F)cc3F)nc3c2cnn3C2CCN(CC3CCN(c4ccc5c(c4)C(=O)N(C4CCC(=O)NC4=O)C5=O)C3)CC2)n[nH]1. The van der Waals surface area contributed by atoms with Crippen LogP contribution in [0.2, 0.25) is 0 Å². The molecule has 0 spiro atoms. The number of aryl methyl sites for hydroxylation is 1. The van der Waals surface area contributed by atoms with Gasteiger partial charge in [0.15, 0.2) is 11.5 Å². The van der Waals surface area contributed by atoms with Gasteiger partial charge in [0.05, 0.1) is 28.8 Å². The van der Waals surface area contributed by atoms with Crippen molar-refractivity contribution in [3.8, 4) is 0 Å². The second kappa shape index (κ2) is 14.6. The van der Waals surface area contributed by atoms with Gasteiger partial charge in [0.2, 0.25) is 17.8 Å². The van der Waals surface area contributed by atoms with Gasteiger partial charge in [-0.1, -0.05) is 6.07 Å². The fraction of sp³-hybridized carbons (Fsp3) is 0.385. The minimum atomic E-state index is -0.994. The average Bonchev–Trinajstić information content (AvgIpc) is 3.99. The molecule has 0 aliphatic carbocycles. The Kier molecular flexibility index (Phi) is 9.34. The Labute approximate surface area is 325 Å². The molecule has 3 saturated heterocycles. The number of piperidine rings is 2. The number of aromatic nitrogens is 6. The molecule has 3 fully saturated rings. The maximum Gasteiger partial charge on any atom is 0.262 e. The van der Waals surface area contributed by atoms with Crippen molar-refractivity contribution in [3.63, 3.8) is 0 Å². The highest BCUT2D eigenvalue weighted by molar-refractivity contribution is 6.23. The Morgan fingerprint density at radius 2 is 1.74 bits per heavy atom. The number of carbonyl (C=O) groups is 4. The average molecular weight is 779 g/mol. The number of nitrogens with zero attached hydrogens (tertiary/aromatic N) is 8. The van der Waals surface area contributed by atoms with Crippen LogP contribution in [0.25, 0.3) is 11.0 Å². The predicted molar refractivity (Wildman–Crippen MR) is 204 cm³/mol. The number of halogens is 2. The second-order valence-corrected chi connectivity index (χ2v) is 15.2. The van der Waals surface area contributed by atoms with Gasteiger partial charge >= 0.3 is 0 Å². The van der Waals surface area contributed by atoms with Crippen molar-refractivity contribution in [1.82, 2.24) is 45.1 Å². The van der Waals surface area contributed by atoms with E-state index in [4.69, 9.17) is 10.1 Å². The second-order valence-electron chi connectivity index (χ2n) is 15.2. The number of hydrogen-bond donors (Lipinski definition) is 4. The molecule has 3 aromatic heterocycles. The molecule has 7 heterocycles. The fourth-order valence-corrected chi connectivity index (χ4v) is 8.39. The van der Waals surface area contributed by atoms with Crippen LogP contribution in [0.4, 0.5) is 32.1 Å². The molecule has 4 amide bonds. The number of anilines is 4. The number of fused-ring (bicyclic) bond motifs is 2. The summed E-state index contributed by atoms with van der Waals surface area (Å²) in [6, 6.07) is 9.68. The van der Waals surface area contributed by atoms with E-state index in [0.717, 1.165) is 74.3 Å². The van der Waals surface area contributed by atoms with Crippen molar-refractivity contribution in [3.05, 3.63) is 82.7 Å². The predicted octanol–water partition coefficient (Wildman–Crippen LogP) is 4.06. The minimum absolute atomic E-state index is 0.0527. The molecule has 9 rings (SSSR count). The minimum Gasteiger partial charge on any atom is -0.371 e. The maximum atomic E-state index is 14.4. The first-order chi connectivity index (χ1) is 27.6. The highest BCUT2D eigenvalue weighted by atomic mass is 19.1. The molecule has 2 unspecified atom stereocenters. The summed E-state index contributed by atoms with van der Waals surface area (Å²) in [5, 5.41) is 21.3. The van der Waals surface area contributed by atoms with E-state index < -0.39 is 41.3 Å². The summed E-state index contributed by atoms with van der Waals surface area (Å²) < 4.78 is 29.9. The van der Waals surface area contributed by atoms with Gasteiger partial charge in [0.25, 0.3) is 11.8 Å². The normalized spacial score (nSPS) is 20.5. The highest BCUT2D eigenvalue weighted by Crippen LogP contribution is 2.34. The molecular weight excluding hydrogens is 739 g/mol. The number of amides is 4. The van der Waals surface area contributed by atoms with Gasteiger partial charge in [-0.15, -0.1) is 0 Å². The van der Waals surface area contributed by atoms with E-state index in [0.29, 0.717) is 28.6 Å². The van der Waals surface area contributed by atoms with Gasteiger partial charge in [-0.2, -0.15) is 20.2 Å². The van der Waals surface area contributed by atoms with E-state index in [-0.39, 0.29) is 48.1 Å². The molecule has 18 heteroatoms. The lowest BCUT2D eigenvalue weighted by Crippen LogP contribution is -2.54. The van der Waals surface area contributed by atoms with Crippen molar-refractivity contribution in [1.29, 1.82) is 0 Å². The van der Waals surface area contributed by atoms with Crippen LogP contribution < -0.4 is 20.9 Å². The Bertz CT molecular complexity index is 2420. The standard InChI is InChI=1S/C39H40F2N12O4/c1-21-14-32(49-48-21)44-34-29-18-43-53(35(29)47-39(46-34)42-17-23-2-3-24(40)15-30(23)41)25-9-11-50(12-10-25)19-22-8-13-51(20-22)26-4-5-27-28(16-26)38(57)52(37(27)56)31-6-7-33(54)45-36(31)55/h2-5,14-16,18,22,25,31H,6-13,17,19-20H2,1H3,(H,45,54,55)(H3,42,44,46,47,48,49). The molecular formula is C39H40F2N12O4. The topological polar surface area (TPSA) is 186 Å². The van der Waals surface area contributed by atoms with Crippen molar-refractivity contribution < 1.29 is 28.0 Å². The van der Waals surface area contributed by atoms with E-state index in [2.05, 4.69) is 40.9 Å². The molecule has 4 N–H and O–H groups in total. The smallest absolute Gasteiger partial charge is 0.262 e. The van der Waals surface area contributed by atoms with Crippen LogP contribution >= 0.6 is 0 Å². The molecule has 0 bridgehead atoms. The lowest BCUT2D eigenvalue weighted by Gasteiger charge is -2.33. The first kappa shape index (κ1) is 36.3. The molecule has 16 nitrogen and oxygen atoms in total. The maximum absolute atomic E-state index is 14.4. The summed E-state index contributed by atoms with van der Waals surface area (Å²) in [5.74, 6) is -1.61. The van der Waals surface area contributed by atoms with Gasteiger partial charge in [0, 0.05) is 74.8 Å². The van der Waals surface area contributed by atoms with E-state index >= 15 is 0 Å². The summed E-state index contributed by atoms with van der Waals surface area (Å²) >= 11 is 0. The number of benzene rings is 2. The molecule has 57 heavy (non-hydrogen) atoms. The highest BCUT2D eigenvalue weighted by Gasteiger charge is 2.45. The number of H-pyrrole nitrogens is 1. The third kappa shape index (κ3) is 7.04. The van der Waals surface area contributed by atoms with Crippen LogP contribution in [0.3, 0.4) is 0 Å². The van der Waals surface area contributed by atoms with Crippen LogP contribution in [-0.2, 0) is 16.1 Å². The van der Waals surface area contributed by atoms with E-state index in [9.17, 15) is 28.0 Å². The molecule has 294 valence electrons. The van der Waals surface area contributed by atoms with Crippen LogP contribution in [0.5, 0.6) is 0 Å². The summed E-state index contributed by atoms with van der Waals surface area (Å²) in [4.78, 5) is 65.9. The number of carbonyl (C=O) groups excluding carboxylic acids is 4. The van der Waals surface area contributed by atoms with Gasteiger partial charge in [-0.05, 0) is 62.8 Å². The lowest BCUT2D eigenvalue weighted by molar-refractivity contribution is -0.136. The lowest BCUT2D eigenvalue weighted by atomic mass is 10.0. The third-order valence-electron chi connectivity index (χ3n) is 11.4. The van der Waals surface area contributed by atoms with Crippen molar-refractivity contribution in [2.45, 2.75) is 57.7 Å². The molecule has 0 saturated carbocycles. The van der Waals surface area contributed by atoms with Gasteiger partial charge < -0.3 is 20.4 Å². The zero-order valence-corrected chi connectivity index (χ0v) is 31.1. The van der Waals surface area contributed by atoms with E-state index in [1.807, 2.05) is 23.7 Å². The van der Waals surface area contributed by atoms with Crippen LogP contribution in [0, 0.1) is 24.5 Å². The Morgan fingerprint density at radius 1 is 0.912 bits per heavy atom. The number of aromatic amines is 1. The molecule has 4 aliphatic rings. The summed E-state index contributed by atoms with van der Waals surface area (Å²) in [6.45, 7) is 6.22. The van der Waals surface area contributed by atoms with E-state index in [1.165, 1.54) is 12.1 Å². The van der Waals surface area contributed by atoms with Crippen molar-refractivity contribution in [2.75, 3.05) is 48.3 Å².